The van der Waals surface area contributed by atoms with E-state index in [4.69, 9.17) is 5.73 Å². The second kappa shape index (κ2) is 8.21. The summed E-state index contributed by atoms with van der Waals surface area (Å²) in [6, 6.07) is 7.63. The molecule has 5 rings (SSSR count). The Balaban J connectivity index is 1.40. The third kappa shape index (κ3) is 3.90. The summed E-state index contributed by atoms with van der Waals surface area (Å²) >= 11 is 1.54. The molecule has 8 nitrogen and oxygen atoms in total. The van der Waals surface area contributed by atoms with Crippen LogP contribution >= 0.6 is 11.3 Å². The van der Waals surface area contributed by atoms with Crippen molar-refractivity contribution < 1.29 is 9.18 Å². The molecule has 1 fully saturated rings. The number of amides is 2. The monoisotopic (exact) mass is 451 g/mol. The Morgan fingerprint density at radius 3 is 3.03 bits per heavy atom. The normalized spacial score (nSPS) is 20.3. The molecule has 2 aliphatic heterocycles. The number of pyridine rings is 1. The summed E-state index contributed by atoms with van der Waals surface area (Å²) < 4.78 is 16.4. The zero-order chi connectivity index (χ0) is 22.1. The number of rotatable bonds is 6. The van der Waals surface area contributed by atoms with Gasteiger partial charge in [0.1, 0.15) is 0 Å². The molecule has 2 amide bonds. The zero-order valence-electron chi connectivity index (χ0n) is 17.1. The van der Waals surface area contributed by atoms with Gasteiger partial charge < -0.3 is 21.3 Å². The Morgan fingerprint density at radius 1 is 1.31 bits per heavy atom. The second-order valence-corrected chi connectivity index (χ2v) is 8.59. The number of nitrogens with zero attached hydrogens (tertiary/aromatic N) is 3. The highest BCUT2D eigenvalue weighted by Crippen LogP contribution is 2.37. The summed E-state index contributed by atoms with van der Waals surface area (Å²) in [5, 5.41) is 9.16. The number of aromatic nitrogens is 1. The lowest BCUT2D eigenvalue weighted by atomic mass is 10.0. The van der Waals surface area contributed by atoms with Crippen LogP contribution in [0.2, 0.25) is 0 Å². The number of alkyl halides is 1. The summed E-state index contributed by atoms with van der Waals surface area (Å²) in [4.78, 5) is 22.5. The van der Waals surface area contributed by atoms with Crippen molar-refractivity contribution in [3.8, 4) is 11.1 Å². The number of benzene rings is 1. The first kappa shape index (κ1) is 20.4. The first-order chi connectivity index (χ1) is 15.5. The van der Waals surface area contributed by atoms with Crippen molar-refractivity contribution in [2.24, 2.45) is 4.99 Å². The van der Waals surface area contributed by atoms with Crippen LogP contribution in [0.4, 0.5) is 14.9 Å². The zero-order valence-corrected chi connectivity index (χ0v) is 18.0. The summed E-state index contributed by atoms with van der Waals surface area (Å²) in [7, 11) is 0. The smallest absolute Gasteiger partial charge is 0.337 e. The van der Waals surface area contributed by atoms with Crippen molar-refractivity contribution >= 4 is 38.9 Å². The molecule has 3 aromatic rings. The molecule has 5 N–H and O–H groups in total. The van der Waals surface area contributed by atoms with Crippen LogP contribution in [0.25, 0.3) is 21.2 Å². The SMILES string of the molecule is Nc1cnccc1-c1cccc2cc(C3=NC(F)(NCCN4CCNC4=O)NC=C3)sc12. The Bertz CT molecular complexity index is 1240. The number of carbonyl (C=O) groups is 1. The molecule has 164 valence electrons. The molecule has 0 bridgehead atoms. The van der Waals surface area contributed by atoms with Crippen molar-refractivity contribution in [2.75, 3.05) is 31.9 Å². The Kier molecular flexibility index (Phi) is 5.24. The number of nitrogens with one attached hydrogen (secondary N) is 3. The molecule has 1 aromatic carbocycles. The first-order valence-electron chi connectivity index (χ1n) is 10.3. The van der Waals surface area contributed by atoms with Gasteiger partial charge in [-0.25, -0.2) is 15.1 Å². The Labute approximate surface area is 188 Å². The van der Waals surface area contributed by atoms with E-state index in [1.165, 1.54) is 11.3 Å². The van der Waals surface area contributed by atoms with Gasteiger partial charge in [0.2, 0.25) is 0 Å². The quantitative estimate of drug-likeness (QED) is 0.431. The predicted octanol–water partition coefficient (Wildman–Crippen LogP) is 2.65. The Hall–Kier alpha value is -3.50. The summed E-state index contributed by atoms with van der Waals surface area (Å²) in [6.45, 7) is 1.89. The molecular weight excluding hydrogens is 429 g/mol. The highest BCUT2D eigenvalue weighted by atomic mass is 32.1. The van der Waals surface area contributed by atoms with Gasteiger partial charge in [0.15, 0.2) is 0 Å². The maximum atomic E-state index is 15.3. The van der Waals surface area contributed by atoms with Gasteiger partial charge in [-0.2, -0.15) is 4.39 Å². The first-order valence-corrected chi connectivity index (χ1v) is 11.1. The largest absolute Gasteiger partial charge is 0.397 e. The number of allylic oxidation sites excluding steroid dienone is 1. The van der Waals surface area contributed by atoms with Gasteiger partial charge in [-0.05, 0) is 23.6 Å². The van der Waals surface area contributed by atoms with Crippen molar-refractivity contribution in [1.82, 2.24) is 25.8 Å². The second-order valence-electron chi connectivity index (χ2n) is 7.54. The third-order valence-corrected chi connectivity index (χ3v) is 6.62. The van der Waals surface area contributed by atoms with E-state index in [2.05, 4.69) is 25.9 Å². The molecule has 4 heterocycles. The van der Waals surface area contributed by atoms with Crippen molar-refractivity contribution in [2.45, 2.75) is 6.04 Å². The average molecular weight is 452 g/mol. The van der Waals surface area contributed by atoms with E-state index in [0.29, 0.717) is 31.0 Å². The van der Waals surface area contributed by atoms with Gasteiger partial charge in [0, 0.05) is 54.4 Å². The minimum Gasteiger partial charge on any atom is -0.397 e. The minimum absolute atomic E-state index is 0.128. The molecule has 0 aliphatic carbocycles. The maximum absolute atomic E-state index is 15.3. The van der Waals surface area contributed by atoms with Crippen LogP contribution in [-0.2, 0) is 0 Å². The van der Waals surface area contributed by atoms with Crippen molar-refractivity contribution in [3.63, 3.8) is 0 Å². The fourth-order valence-electron chi connectivity index (χ4n) is 3.83. The molecule has 1 saturated heterocycles. The predicted molar refractivity (Wildman–Crippen MR) is 125 cm³/mol. The van der Waals surface area contributed by atoms with Crippen LogP contribution in [0, 0.1) is 0 Å². The Morgan fingerprint density at radius 2 is 2.22 bits per heavy atom. The van der Waals surface area contributed by atoms with Crippen LogP contribution in [0.3, 0.4) is 0 Å². The minimum atomic E-state index is -2.14. The molecule has 2 aliphatic rings. The molecule has 32 heavy (non-hydrogen) atoms. The van der Waals surface area contributed by atoms with Gasteiger partial charge in [-0.15, -0.1) is 11.3 Å². The highest BCUT2D eigenvalue weighted by Gasteiger charge is 2.30. The number of carbonyl (C=O) groups excluding carboxylic acids is 1. The number of hydrogen-bond acceptors (Lipinski definition) is 7. The van der Waals surface area contributed by atoms with Crippen LogP contribution < -0.4 is 21.7 Å². The standard InChI is InChI=1S/C22H22FN7OS/c23-22(28-9-11-30-10-8-26-21(30)31)27-7-5-18(29-22)19-12-14-2-1-3-16(20(14)32-19)15-4-6-25-13-17(15)24/h1-7,12-13,27-28H,8-11,24H2,(H,26,31). The van der Waals surface area contributed by atoms with E-state index in [-0.39, 0.29) is 12.6 Å². The van der Waals surface area contributed by atoms with E-state index < -0.39 is 6.04 Å². The summed E-state index contributed by atoms with van der Waals surface area (Å²) in [6.07, 6.45) is 6.65. The van der Waals surface area contributed by atoms with Crippen LogP contribution in [0.5, 0.6) is 0 Å². The fraction of sp³-hybridized carbons (Fsp3) is 0.227. The molecule has 10 heteroatoms. The van der Waals surface area contributed by atoms with Crippen molar-refractivity contribution in [1.29, 1.82) is 0 Å². The lowest BCUT2D eigenvalue weighted by Crippen LogP contribution is -2.53. The number of nitrogens with two attached hydrogens (primary N) is 1. The van der Waals surface area contributed by atoms with Gasteiger partial charge in [-0.3, -0.25) is 4.98 Å². The summed E-state index contributed by atoms with van der Waals surface area (Å²) in [5.74, 6) is 0. The molecule has 1 atom stereocenters. The van der Waals surface area contributed by atoms with Crippen LogP contribution in [0.15, 0.2) is 60.0 Å². The number of thiophene rings is 1. The van der Waals surface area contributed by atoms with E-state index in [0.717, 1.165) is 26.1 Å². The topological polar surface area (TPSA) is 108 Å². The number of fused-ring (bicyclic) bond motifs is 1. The fourth-order valence-corrected chi connectivity index (χ4v) is 4.99. The molecular formula is C22H22FN7OS. The third-order valence-electron chi connectivity index (χ3n) is 5.42. The van der Waals surface area contributed by atoms with Gasteiger partial charge in [-0.1, -0.05) is 18.2 Å². The average Bonchev–Trinajstić information content (AvgIpc) is 3.40. The van der Waals surface area contributed by atoms with Crippen molar-refractivity contribution in [3.05, 3.63) is 59.9 Å². The molecule has 0 radical (unpaired) electrons. The number of hydrogen-bond donors (Lipinski definition) is 4. The number of halogens is 1. The molecule has 2 aromatic heterocycles. The molecule has 0 saturated carbocycles. The number of aliphatic imine (C=N–C) groups is 1. The lowest BCUT2D eigenvalue weighted by Gasteiger charge is -2.27. The van der Waals surface area contributed by atoms with Gasteiger partial charge in [0.05, 0.1) is 22.5 Å². The molecule has 0 spiro atoms. The number of urea groups is 1. The van der Waals surface area contributed by atoms with Crippen LogP contribution in [-0.4, -0.2) is 53.8 Å². The van der Waals surface area contributed by atoms with E-state index in [9.17, 15) is 4.79 Å². The molecule has 1 unspecified atom stereocenters. The van der Waals surface area contributed by atoms with E-state index in [1.807, 2.05) is 30.3 Å². The number of anilines is 1. The highest BCUT2D eigenvalue weighted by molar-refractivity contribution is 7.21. The summed E-state index contributed by atoms with van der Waals surface area (Å²) in [5.41, 5.74) is 9.20. The lowest BCUT2D eigenvalue weighted by molar-refractivity contribution is 0.0959. The van der Waals surface area contributed by atoms with Gasteiger partial charge in [0.25, 0.3) is 0 Å². The van der Waals surface area contributed by atoms with Crippen LogP contribution in [0.1, 0.15) is 4.88 Å². The number of nitrogen functional groups attached to an aromatic ring is 1. The van der Waals surface area contributed by atoms with Gasteiger partial charge >= 0.3 is 12.1 Å². The maximum Gasteiger partial charge on any atom is 0.337 e. The van der Waals surface area contributed by atoms with E-state index >= 15 is 4.39 Å². The van der Waals surface area contributed by atoms with E-state index in [1.54, 1.807) is 29.6 Å².